The molecular weight excluding hydrogens is 364 g/mol. The van der Waals surface area contributed by atoms with Gasteiger partial charge in [-0.25, -0.2) is 0 Å². The van der Waals surface area contributed by atoms with Gasteiger partial charge in [-0.1, -0.05) is 6.07 Å². The third-order valence-corrected chi connectivity index (χ3v) is 5.78. The Morgan fingerprint density at radius 1 is 0.897 bits per heavy atom. The van der Waals surface area contributed by atoms with E-state index in [9.17, 15) is 4.79 Å². The van der Waals surface area contributed by atoms with Gasteiger partial charge in [-0.05, 0) is 49.2 Å². The minimum Gasteiger partial charge on any atom is -0.497 e. The molecule has 0 unspecified atom stereocenters. The van der Waals surface area contributed by atoms with E-state index in [0.29, 0.717) is 6.54 Å². The quantitative estimate of drug-likeness (QED) is 0.816. The van der Waals surface area contributed by atoms with Gasteiger partial charge in [0.05, 0.1) is 13.7 Å². The molecule has 0 spiro atoms. The summed E-state index contributed by atoms with van der Waals surface area (Å²) in [6.45, 7) is 6.26. The van der Waals surface area contributed by atoms with Gasteiger partial charge >= 0.3 is 0 Å². The lowest BCUT2D eigenvalue weighted by Crippen LogP contribution is -2.48. The van der Waals surface area contributed by atoms with Crippen LogP contribution >= 0.6 is 0 Å². The monoisotopic (exact) mass is 394 g/mol. The fraction of sp³-hybridized carbons (Fsp3) is 0.435. The Bertz CT molecular complexity index is 810. The van der Waals surface area contributed by atoms with Crippen molar-refractivity contribution in [2.75, 3.05) is 68.0 Å². The van der Waals surface area contributed by atoms with E-state index in [1.165, 1.54) is 24.2 Å². The molecule has 0 bridgehead atoms. The predicted octanol–water partition coefficient (Wildman–Crippen LogP) is 3.06. The Kier molecular flexibility index (Phi) is 6.20. The first kappa shape index (κ1) is 19.6. The number of anilines is 3. The zero-order valence-electron chi connectivity index (χ0n) is 17.1. The van der Waals surface area contributed by atoms with Crippen molar-refractivity contribution < 1.29 is 9.53 Å². The Morgan fingerprint density at radius 2 is 1.59 bits per heavy atom. The van der Waals surface area contributed by atoms with Crippen LogP contribution < -0.4 is 19.9 Å². The number of amides is 1. The topological polar surface area (TPSA) is 48.1 Å². The number of methoxy groups -OCH3 is 1. The van der Waals surface area contributed by atoms with Crippen LogP contribution in [0.1, 0.15) is 12.8 Å². The highest BCUT2D eigenvalue weighted by Gasteiger charge is 2.20. The molecule has 0 saturated carbocycles. The van der Waals surface area contributed by atoms with Gasteiger partial charge in [0.1, 0.15) is 5.75 Å². The first-order chi connectivity index (χ1) is 14.2. The molecule has 6 heteroatoms. The minimum absolute atomic E-state index is 0.0498. The molecular formula is C23H30N4O2. The molecule has 2 aliphatic rings. The molecule has 1 N–H and O–H groups in total. The van der Waals surface area contributed by atoms with Crippen LogP contribution in [-0.4, -0.2) is 63.7 Å². The number of ether oxygens (including phenoxy) is 1. The van der Waals surface area contributed by atoms with E-state index in [0.717, 1.165) is 50.7 Å². The van der Waals surface area contributed by atoms with E-state index in [2.05, 4.69) is 44.3 Å². The van der Waals surface area contributed by atoms with Crippen molar-refractivity contribution in [1.29, 1.82) is 0 Å². The summed E-state index contributed by atoms with van der Waals surface area (Å²) in [6, 6.07) is 16.4. The van der Waals surface area contributed by atoms with Gasteiger partial charge in [-0.2, -0.15) is 0 Å². The number of hydrogen-bond donors (Lipinski definition) is 1. The summed E-state index contributed by atoms with van der Waals surface area (Å²) in [5, 5.41) is 3.04. The van der Waals surface area contributed by atoms with Crippen LogP contribution in [0.5, 0.6) is 5.75 Å². The number of piperazine rings is 1. The summed E-state index contributed by atoms with van der Waals surface area (Å²) in [6.07, 6.45) is 2.53. The lowest BCUT2D eigenvalue weighted by molar-refractivity contribution is -0.117. The van der Waals surface area contributed by atoms with E-state index >= 15 is 0 Å². The predicted molar refractivity (Wildman–Crippen MR) is 118 cm³/mol. The maximum absolute atomic E-state index is 12.5. The summed E-state index contributed by atoms with van der Waals surface area (Å²) in [5.41, 5.74) is 3.29. The van der Waals surface area contributed by atoms with Gasteiger partial charge in [-0.15, -0.1) is 0 Å². The molecule has 0 aliphatic carbocycles. The largest absolute Gasteiger partial charge is 0.497 e. The van der Waals surface area contributed by atoms with Crippen LogP contribution in [0.3, 0.4) is 0 Å². The van der Waals surface area contributed by atoms with Crippen LogP contribution in [0.4, 0.5) is 17.1 Å². The average Bonchev–Trinajstić information content (AvgIpc) is 3.30. The summed E-state index contributed by atoms with van der Waals surface area (Å²) in [5.74, 6) is 0.925. The second kappa shape index (κ2) is 9.18. The van der Waals surface area contributed by atoms with Gasteiger partial charge in [0.15, 0.2) is 0 Å². The zero-order chi connectivity index (χ0) is 20.1. The maximum atomic E-state index is 12.5. The molecule has 2 heterocycles. The Labute approximate surface area is 173 Å². The molecule has 2 saturated heterocycles. The van der Waals surface area contributed by atoms with E-state index in [4.69, 9.17) is 4.74 Å². The van der Waals surface area contributed by atoms with Crippen LogP contribution in [0.15, 0.2) is 48.5 Å². The molecule has 154 valence electrons. The Morgan fingerprint density at radius 3 is 2.28 bits per heavy atom. The normalized spacial score (nSPS) is 17.4. The average molecular weight is 395 g/mol. The van der Waals surface area contributed by atoms with Gasteiger partial charge in [0.2, 0.25) is 5.91 Å². The third kappa shape index (κ3) is 5.01. The van der Waals surface area contributed by atoms with Crippen molar-refractivity contribution in [1.82, 2.24) is 4.90 Å². The molecule has 2 fully saturated rings. The molecule has 2 aliphatic heterocycles. The molecule has 4 rings (SSSR count). The lowest BCUT2D eigenvalue weighted by atomic mass is 10.2. The van der Waals surface area contributed by atoms with E-state index in [1.807, 2.05) is 24.3 Å². The van der Waals surface area contributed by atoms with Gasteiger partial charge in [0.25, 0.3) is 0 Å². The fourth-order valence-electron chi connectivity index (χ4n) is 4.11. The van der Waals surface area contributed by atoms with Crippen molar-refractivity contribution in [3.05, 3.63) is 48.5 Å². The third-order valence-electron chi connectivity index (χ3n) is 5.78. The lowest BCUT2D eigenvalue weighted by Gasteiger charge is -2.35. The highest BCUT2D eigenvalue weighted by atomic mass is 16.5. The fourth-order valence-corrected chi connectivity index (χ4v) is 4.11. The molecule has 1 amide bonds. The SMILES string of the molecule is COc1cccc(N2CCN(CC(=O)Nc3ccc(N4CCCC4)cc3)CC2)c1. The number of hydrogen-bond acceptors (Lipinski definition) is 5. The zero-order valence-corrected chi connectivity index (χ0v) is 17.1. The molecule has 6 nitrogen and oxygen atoms in total. The van der Waals surface area contributed by atoms with Crippen LogP contribution in [0.25, 0.3) is 0 Å². The molecule has 29 heavy (non-hydrogen) atoms. The maximum Gasteiger partial charge on any atom is 0.238 e. The summed E-state index contributed by atoms with van der Waals surface area (Å²) < 4.78 is 5.32. The highest BCUT2D eigenvalue weighted by molar-refractivity contribution is 5.92. The summed E-state index contributed by atoms with van der Waals surface area (Å²) >= 11 is 0. The van der Waals surface area contributed by atoms with E-state index in [-0.39, 0.29) is 5.91 Å². The van der Waals surface area contributed by atoms with Crippen molar-refractivity contribution in [3.63, 3.8) is 0 Å². The van der Waals surface area contributed by atoms with Gasteiger partial charge in [-0.3, -0.25) is 9.69 Å². The van der Waals surface area contributed by atoms with Crippen LogP contribution in [0.2, 0.25) is 0 Å². The Balaban J connectivity index is 1.24. The number of carbonyl (C=O) groups excluding carboxylic acids is 1. The van der Waals surface area contributed by atoms with Crippen molar-refractivity contribution >= 4 is 23.0 Å². The smallest absolute Gasteiger partial charge is 0.238 e. The first-order valence-corrected chi connectivity index (χ1v) is 10.5. The van der Waals surface area contributed by atoms with Crippen molar-refractivity contribution in [2.45, 2.75) is 12.8 Å². The summed E-state index contributed by atoms with van der Waals surface area (Å²) in [7, 11) is 1.69. The highest BCUT2D eigenvalue weighted by Crippen LogP contribution is 2.23. The van der Waals surface area contributed by atoms with Gasteiger partial charge < -0.3 is 19.9 Å². The van der Waals surface area contributed by atoms with E-state index in [1.54, 1.807) is 7.11 Å². The number of nitrogens with one attached hydrogen (secondary N) is 1. The number of carbonyl (C=O) groups is 1. The molecule has 0 radical (unpaired) electrons. The van der Waals surface area contributed by atoms with Crippen LogP contribution in [0, 0.1) is 0 Å². The molecule has 2 aromatic rings. The minimum atomic E-state index is 0.0498. The molecule has 2 aromatic carbocycles. The molecule has 0 aromatic heterocycles. The van der Waals surface area contributed by atoms with Crippen molar-refractivity contribution in [2.24, 2.45) is 0 Å². The van der Waals surface area contributed by atoms with Crippen LogP contribution in [-0.2, 0) is 4.79 Å². The second-order valence-electron chi connectivity index (χ2n) is 7.75. The Hall–Kier alpha value is -2.73. The number of benzene rings is 2. The standard InChI is InChI=1S/C23H30N4O2/c1-29-22-6-4-5-21(17-22)27-15-13-25(14-16-27)18-23(28)24-19-7-9-20(10-8-19)26-11-2-3-12-26/h4-10,17H,2-3,11-16,18H2,1H3,(H,24,28). The molecule has 0 atom stereocenters. The number of nitrogens with zero attached hydrogens (tertiary/aromatic N) is 3. The first-order valence-electron chi connectivity index (χ1n) is 10.5. The summed E-state index contributed by atoms with van der Waals surface area (Å²) in [4.78, 5) is 19.4. The van der Waals surface area contributed by atoms with Gasteiger partial charge in [0, 0.05) is 62.4 Å². The second-order valence-corrected chi connectivity index (χ2v) is 7.75. The van der Waals surface area contributed by atoms with E-state index < -0.39 is 0 Å². The van der Waals surface area contributed by atoms with Crippen molar-refractivity contribution in [3.8, 4) is 5.75 Å². The number of rotatable bonds is 6.